The van der Waals surface area contributed by atoms with Crippen LogP contribution in [0.2, 0.25) is 0 Å². The Morgan fingerprint density at radius 3 is 2.68 bits per heavy atom. The first-order chi connectivity index (χ1) is 10.3. The Kier molecular flexibility index (Phi) is 4.56. The highest BCUT2D eigenvalue weighted by atomic mass is 19.1. The van der Waals surface area contributed by atoms with Gasteiger partial charge in [0, 0.05) is 23.9 Å². The van der Waals surface area contributed by atoms with Crippen molar-refractivity contribution in [1.82, 2.24) is 15.1 Å². The number of carbonyl (C=O) groups is 1. The number of carboxylic acids is 1. The molecule has 22 heavy (non-hydrogen) atoms. The standard InChI is InChI=1S/C15H17F2N3O2/c1-8-12(7-18-9(2)15(21)22)10(3)20(19-8)14-5-4-11(16)6-13(14)17/h4-6,9,18H,7H2,1-3H3,(H,21,22). The van der Waals surface area contributed by atoms with Crippen molar-refractivity contribution in [3.8, 4) is 5.69 Å². The second-order valence-corrected chi connectivity index (χ2v) is 5.10. The Labute approximate surface area is 126 Å². The Morgan fingerprint density at radius 1 is 1.41 bits per heavy atom. The van der Waals surface area contributed by atoms with Crippen LogP contribution in [0.3, 0.4) is 0 Å². The molecule has 1 aromatic heterocycles. The number of hydrogen-bond donors (Lipinski definition) is 2. The summed E-state index contributed by atoms with van der Waals surface area (Å²) in [5.41, 5.74) is 2.27. The van der Waals surface area contributed by atoms with Gasteiger partial charge in [0.1, 0.15) is 17.5 Å². The predicted octanol–water partition coefficient (Wildman–Crippen LogP) is 2.33. The van der Waals surface area contributed by atoms with Crippen LogP contribution < -0.4 is 5.32 Å². The zero-order valence-corrected chi connectivity index (χ0v) is 12.5. The smallest absolute Gasteiger partial charge is 0.320 e. The molecular weight excluding hydrogens is 292 g/mol. The molecule has 0 aliphatic carbocycles. The van der Waals surface area contributed by atoms with Gasteiger partial charge in [0.25, 0.3) is 0 Å². The molecule has 1 heterocycles. The molecule has 0 aliphatic rings. The van der Waals surface area contributed by atoms with Gasteiger partial charge >= 0.3 is 5.97 Å². The molecule has 2 N–H and O–H groups in total. The van der Waals surface area contributed by atoms with Gasteiger partial charge in [-0.1, -0.05) is 0 Å². The van der Waals surface area contributed by atoms with Crippen LogP contribution in [0.5, 0.6) is 0 Å². The molecule has 0 saturated heterocycles. The maximum atomic E-state index is 13.9. The number of rotatable bonds is 5. The van der Waals surface area contributed by atoms with Crippen LogP contribution in [0, 0.1) is 25.5 Å². The van der Waals surface area contributed by atoms with E-state index >= 15 is 0 Å². The van der Waals surface area contributed by atoms with Gasteiger partial charge in [-0.05, 0) is 32.9 Å². The van der Waals surface area contributed by atoms with E-state index < -0.39 is 23.6 Å². The van der Waals surface area contributed by atoms with Crippen LogP contribution in [0.15, 0.2) is 18.2 Å². The van der Waals surface area contributed by atoms with Crippen molar-refractivity contribution in [1.29, 1.82) is 0 Å². The first kappa shape index (κ1) is 16.1. The van der Waals surface area contributed by atoms with Crippen molar-refractivity contribution in [2.24, 2.45) is 0 Å². The van der Waals surface area contributed by atoms with E-state index in [1.807, 2.05) is 0 Å². The molecule has 0 fully saturated rings. The number of aryl methyl sites for hydroxylation is 1. The molecule has 7 heteroatoms. The van der Waals surface area contributed by atoms with E-state index in [4.69, 9.17) is 5.11 Å². The fourth-order valence-electron chi connectivity index (χ4n) is 2.16. The van der Waals surface area contributed by atoms with Crippen LogP contribution in [0.4, 0.5) is 8.78 Å². The van der Waals surface area contributed by atoms with E-state index in [2.05, 4.69) is 10.4 Å². The van der Waals surface area contributed by atoms with Crippen LogP contribution in [-0.4, -0.2) is 26.9 Å². The molecule has 2 rings (SSSR count). The van der Waals surface area contributed by atoms with Crippen LogP contribution in [-0.2, 0) is 11.3 Å². The van der Waals surface area contributed by atoms with E-state index in [0.717, 1.165) is 11.6 Å². The fraction of sp³-hybridized carbons (Fsp3) is 0.333. The molecule has 0 spiro atoms. The highest BCUT2D eigenvalue weighted by Gasteiger charge is 2.17. The number of benzene rings is 1. The molecule has 0 saturated carbocycles. The van der Waals surface area contributed by atoms with E-state index in [-0.39, 0.29) is 5.69 Å². The van der Waals surface area contributed by atoms with Crippen LogP contribution >= 0.6 is 0 Å². The van der Waals surface area contributed by atoms with E-state index in [1.54, 1.807) is 13.8 Å². The molecule has 1 aromatic carbocycles. The summed E-state index contributed by atoms with van der Waals surface area (Å²) < 4.78 is 28.3. The molecule has 0 bridgehead atoms. The number of nitrogens with zero attached hydrogens (tertiary/aromatic N) is 2. The zero-order valence-electron chi connectivity index (χ0n) is 12.5. The third kappa shape index (κ3) is 3.14. The largest absolute Gasteiger partial charge is 0.480 e. The molecule has 0 amide bonds. The molecule has 1 unspecified atom stereocenters. The summed E-state index contributed by atoms with van der Waals surface area (Å²) in [5, 5.41) is 16.0. The number of hydrogen-bond acceptors (Lipinski definition) is 3. The minimum absolute atomic E-state index is 0.152. The van der Waals surface area contributed by atoms with Gasteiger partial charge in [-0.15, -0.1) is 0 Å². The van der Waals surface area contributed by atoms with Crippen LogP contribution in [0.1, 0.15) is 23.9 Å². The Bertz CT molecular complexity index is 713. The molecule has 0 aliphatic heterocycles. The summed E-state index contributed by atoms with van der Waals surface area (Å²) in [6, 6.07) is 2.58. The van der Waals surface area contributed by atoms with Crippen molar-refractivity contribution >= 4 is 5.97 Å². The summed E-state index contributed by atoms with van der Waals surface area (Å²) in [4.78, 5) is 10.8. The predicted molar refractivity (Wildman–Crippen MR) is 76.9 cm³/mol. The minimum Gasteiger partial charge on any atom is -0.480 e. The SMILES string of the molecule is Cc1nn(-c2ccc(F)cc2F)c(C)c1CNC(C)C(=O)O. The topological polar surface area (TPSA) is 67.2 Å². The Balaban J connectivity index is 2.32. The van der Waals surface area contributed by atoms with E-state index in [0.29, 0.717) is 17.9 Å². The van der Waals surface area contributed by atoms with Gasteiger partial charge in [-0.2, -0.15) is 5.10 Å². The lowest BCUT2D eigenvalue weighted by molar-refractivity contribution is -0.139. The number of halogens is 2. The lowest BCUT2D eigenvalue weighted by atomic mass is 10.2. The Morgan fingerprint density at radius 2 is 2.09 bits per heavy atom. The number of aromatic nitrogens is 2. The summed E-state index contributed by atoms with van der Waals surface area (Å²) in [5.74, 6) is -2.31. The number of carboxylic acid groups (broad SMARTS) is 1. The molecular formula is C15H17F2N3O2. The zero-order chi connectivity index (χ0) is 16.4. The first-order valence-corrected chi connectivity index (χ1v) is 6.78. The third-order valence-corrected chi connectivity index (χ3v) is 3.53. The maximum Gasteiger partial charge on any atom is 0.320 e. The lowest BCUT2D eigenvalue weighted by Gasteiger charge is -2.10. The highest BCUT2D eigenvalue weighted by molar-refractivity contribution is 5.72. The second-order valence-electron chi connectivity index (χ2n) is 5.10. The lowest BCUT2D eigenvalue weighted by Crippen LogP contribution is -2.33. The summed E-state index contributed by atoms with van der Waals surface area (Å²) in [6.45, 7) is 5.35. The van der Waals surface area contributed by atoms with Gasteiger partial charge in [-0.25, -0.2) is 13.5 Å². The first-order valence-electron chi connectivity index (χ1n) is 6.78. The van der Waals surface area contributed by atoms with E-state index in [1.165, 1.54) is 23.7 Å². The van der Waals surface area contributed by atoms with Crippen molar-refractivity contribution < 1.29 is 18.7 Å². The normalized spacial score (nSPS) is 12.4. The van der Waals surface area contributed by atoms with Gasteiger partial charge in [0.15, 0.2) is 5.82 Å². The Hall–Kier alpha value is -2.28. The minimum atomic E-state index is -0.952. The van der Waals surface area contributed by atoms with Crippen LogP contribution in [0.25, 0.3) is 5.69 Å². The fourth-order valence-corrected chi connectivity index (χ4v) is 2.16. The van der Waals surface area contributed by atoms with Crippen molar-refractivity contribution in [3.05, 3.63) is 46.8 Å². The summed E-state index contributed by atoms with van der Waals surface area (Å²) >= 11 is 0. The van der Waals surface area contributed by atoms with Gasteiger partial charge in [-0.3, -0.25) is 4.79 Å². The molecule has 1 atom stereocenters. The average molecular weight is 309 g/mol. The van der Waals surface area contributed by atoms with Crippen molar-refractivity contribution in [3.63, 3.8) is 0 Å². The molecule has 5 nitrogen and oxygen atoms in total. The third-order valence-electron chi connectivity index (χ3n) is 3.53. The monoisotopic (exact) mass is 309 g/mol. The molecule has 2 aromatic rings. The maximum absolute atomic E-state index is 13.9. The van der Waals surface area contributed by atoms with Gasteiger partial charge < -0.3 is 10.4 Å². The molecule has 0 radical (unpaired) electrons. The second kappa shape index (κ2) is 6.23. The highest BCUT2D eigenvalue weighted by Crippen LogP contribution is 2.20. The summed E-state index contributed by atoms with van der Waals surface area (Å²) in [7, 11) is 0. The van der Waals surface area contributed by atoms with E-state index in [9.17, 15) is 13.6 Å². The summed E-state index contributed by atoms with van der Waals surface area (Å²) in [6.07, 6.45) is 0. The van der Waals surface area contributed by atoms with Crippen molar-refractivity contribution in [2.75, 3.05) is 0 Å². The average Bonchev–Trinajstić information content (AvgIpc) is 2.71. The molecule has 118 valence electrons. The quantitative estimate of drug-likeness (QED) is 0.889. The van der Waals surface area contributed by atoms with Gasteiger partial charge in [0.2, 0.25) is 0 Å². The van der Waals surface area contributed by atoms with Gasteiger partial charge in [0.05, 0.1) is 5.69 Å². The van der Waals surface area contributed by atoms with Crippen molar-refractivity contribution in [2.45, 2.75) is 33.4 Å². The number of nitrogens with one attached hydrogen (secondary N) is 1. The number of aliphatic carboxylic acids is 1.